The molecule has 0 aliphatic carbocycles. The molecule has 0 fully saturated rings. The van der Waals surface area contributed by atoms with Crippen LogP contribution in [-0.4, -0.2) is 14.8 Å². The van der Waals surface area contributed by atoms with Gasteiger partial charge in [0, 0.05) is 5.69 Å². The molecule has 0 spiro atoms. The first-order valence-electron chi connectivity index (χ1n) is 4.57. The van der Waals surface area contributed by atoms with Crippen molar-refractivity contribution in [3.8, 4) is 5.69 Å². The van der Waals surface area contributed by atoms with Gasteiger partial charge in [-0.3, -0.25) is 4.57 Å². The third-order valence-electron chi connectivity index (χ3n) is 2.08. The van der Waals surface area contributed by atoms with Gasteiger partial charge in [0.25, 0.3) is 6.43 Å². The number of hydrogen-bond acceptors (Lipinski definition) is 2. The molecule has 3 nitrogen and oxygen atoms in total. The van der Waals surface area contributed by atoms with Crippen LogP contribution in [0.15, 0.2) is 30.3 Å². The average Bonchev–Trinajstić information content (AvgIpc) is 2.73. The number of halogens is 3. The van der Waals surface area contributed by atoms with Crippen LogP contribution >= 0.6 is 15.9 Å². The van der Waals surface area contributed by atoms with Gasteiger partial charge in [0.15, 0.2) is 0 Å². The Labute approximate surface area is 99.2 Å². The van der Waals surface area contributed by atoms with Gasteiger partial charge in [-0.1, -0.05) is 34.1 Å². The molecule has 1 heterocycles. The maximum atomic E-state index is 12.7. The van der Waals surface area contributed by atoms with Gasteiger partial charge in [0.2, 0.25) is 5.82 Å². The number of nitrogens with zero attached hydrogens (tertiary/aromatic N) is 3. The number of alkyl halides is 3. The summed E-state index contributed by atoms with van der Waals surface area (Å²) in [4.78, 5) is 0. The van der Waals surface area contributed by atoms with Gasteiger partial charge in [-0.2, -0.15) is 0 Å². The van der Waals surface area contributed by atoms with E-state index in [0.717, 1.165) is 0 Å². The first-order chi connectivity index (χ1) is 7.74. The number of benzene rings is 1. The molecule has 0 bridgehead atoms. The molecule has 0 N–H and O–H groups in total. The third-order valence-corrected chi connectivity index (χ3v) is 2.59. The Morgan fingerprint density at radius 3 is 2.44 bits per heavy atom. The summed E-state index contributed by atoms with van der Waals surface area (Å²) in [5.74, 6) is 0.127. The smallest absolute Gasteiger partial charge is 0.277 e. The van der Waals surface area contributed by atoms with E-state index in [1.165, 1.54) is 4.57 Å². The highest BCUT2D eigenvalue weighted by molar-refractivity contribution is 9.08. The van der Waals surface area contributed by atoms with E-state index in [4.69, 9.17) is 0 Å². The Morgan fingerprint density at radius 2 is 1.88 bits per heavy atom. The maximum absolute atomic E-state index is 12.7. The van der Waals surface area contributed by atoms with Crippen molar-refractivity contribution in [3.63, 3.8) is 0 Å². The second kappa shape index (κ2) is 4.69. The van der Waals surface area contributed by atoms with Crippen molar-refractivity contribution in [2.45, 2.75) is 11.8 Å². The molecule has 1 aromatic heterocycles. The van der Waals surface area contributed by atoms with Gasteiger partial charge in [-0.15, -0.1) is 10.2 Å². The second-order valence-electron chi connectivity index (χ2n) is 3.08. The van der Waals surface area contributed by atoms with Crippen LogP contribution in [-0.2, 0) is 5.33 Å². The van der Waals surface area contributed by atoms with Crippen molar-refractivity contribution < 1.29 is 8.78 Å². The predicted octanol–water partition coefficient (Wildman–Crippen LogP) is 3.10. The summed E-state index contributed by atoms with van der Waals surface area (Å²) in [6.45, 7) is 0. The Hall–Kier alpha value is -1.30. The molecule has 1 aromatic carbocycles. The highest BCUT2D eigenvalue weighted by atomic mass is 79.9. The van der Waals surface area contributed by atoms with Crippen LogP contribution in [0.1, 0.15) is 18.1 Å². The van der Waals surface area contributed by atoms with E-state index in [-0.39, 0.29) is 5.82 Å². The molecule has 0 amide bonds. The SMILES string of the molecule is FC(F)c1nnc(CBr)n1-c1ccccc1. The minimum Gasteiger partial charge on any atom is -0.277 e. The minimum atomic E-state index is -2.64. The van der Waals surface area contributed by atoms with Gasteiger partial charge in [-0.05, 0) is 12.1 Å². The van der Waals surface area contributed by atoms with Crippen LogP contribution in [0.5, 0.6) is 0 Å². The average molecular weight is 288 g/mol. The zero-order valence-electron chi connectivity index (χ0n) is 8.15. The highest BCUT2D eigenvalue weighted by Crippen LogP contribution is 2.22. The van der Waals surface area contributed by atoms with E-state index in [1.54, 1.807) is 24.3 Å². The molecule has 0 radical (unpaired) electrons. The van der Waals surface area contributed by atoms with Crippen molar-refractivity contribution in [2.75, 3.05) is 0 Å². The summed E-state index contributed by atoms with van der Waals surface area (Å²) < 4.78 is 26.8. The second-order valence-corrected chi connectivity index (χ2v) is 3.64. The molecule has 2 rings (SSSR count). The van der Waals surface area contributed by atoms with E-state index in [0.29, 0.717) is 16.8 Å². The fraction of sp³-hybridized carbons (Fsp3) is 0.200. The van der Waals surface area contributed by atoms with Crippen LogP contribution in [0.2, 0.25) is 0 Å². The maximum Gasteiger partial charge on any atom is 0.297 e. The molecular weight excluding hydrogens is 280 g/mol. The van der Waals surface area contributed by atoms with Crippen molar-refractivity contribution in [1.82, 2.24) is 14.8 Å². The zero-order valence-corrected chi connectivity index (χ0v) is 9.73. The normalized spacial score (nSPS) is 11.0. The number of rotatable bonds is 3. The van der Waals surface area contributed by atoms with E-state index in [9.17, 15) is 8.78 Å². The molecule has 16 heavy (non-hydrogen) atoms. The minimum absolute atomic E-state index is 0.333. The molecule has 0 aliphatic rings. The van der Waals surface area contributed by atoms with Crippen LogP contribution in [0.3, 0.4) is 0 Å². The Bertz CT molecular complexity index is 470. The molecule has 6 heteroatoms. The fourth-order valence-electron chi connectivity index (χ4n) is 1.42. The van der Waals surface area contributed by atoms with E-state index in [1.807, 2.05) is 6.07 Å². The van der Waals surface area contributed by atoms with E-state index in [2.05, 4.69) is 26.1 Å². The van der Waals surface area contributed by atoms with Crippen molar-refractivity contribution in [3.05, 3.63) is 42.0 Å². The quantitative estimate of drug-likeness (QED) is 0.812. The molecule has 0 saturated carbocycles. The topological polar surface area (TPSA) is 30.7 Å². The Balaban J connectivity index is 2.57. The van der Waals surface area contributed by atoms with Gasteiger partial charge in [-0.25, -0.2) is 8.78 Å². The lowest BCUT2D eigenvalue weighted by atomic mass is 10.3. The van der Waals surface area contributed by atoms with Crippen LogP contribution in [0.25, 0.3) is 5.69 Å². The molecular formula is C10H8BrF2N3. The van der Waals surface area contributed by atoms with Gasteiger partial charge in [0.1, 0.15) is 5.82 Å². The molecule has 0 aliphatic heterocycles. The summed E-state index contributed by atoms with van der Waals surface area (Å²) >= 11 is 3.20. The summed E-state index contributed by atoms with van der Waals surface area (Å²) in [5, 5.41) is 7.59. The first kappa shape index (κ1) is 11.2. The lowest BCUT2D eigenvalue weighted by Crippen LogP contribution is -2.04. The Morgan fingerprint density at radius 1 is 1.19 bits per heavy atom. The zero-order chi connectivity index (χ0) is 11.5. The van der Waals surface area contributed by atoms with Crippen molar-refractivity contribution >= 4 is 15.9 Å². The van der Waals surface area contributed by atoms with Crippen LogP contribution in [0, 0.1) is 0 Å². The van der Waals surface area contributed by atoms with Crippen molar-refractivity contribution in [1.29, 1.82) is 0 Å². The molecule has 0 atom stereocenters. The molecule has 2 aromatic rings. The van der Waals surface area contributed by atoms with Crippen LogP contribution < -0.4 is 0 Å². The molecule has 0 unspecified atom stereocenters. The summed E-state index contributed by atoms with van der Waals surface area (Å²) in [7, 11) is 0. The largest absolute Gasteiger partial charge is 0.297 e. The first-order valence-corrected chi connectivity index (χ1v) is 5.70. The standard InChI is InChI=1S/C10H8BrF2N3/c11-6-8-14-15-10(9(12)13)16(8)7-4-2-1-3-5-7/h1-5,9H,6H2. The van der Waals surface area contributed by atoms with E-state index < -0.39 is 6.43 Å². The van der Waals surface area contributed by atoms with Gasteiger partial charge >= 0.3 is 0 Å². The molecule has 0 saturated heterocycles. The number of hydrogen-bond donors (Lipinski definition) is 0. The third kappa shape index (κ3) is 1.97. The van der Waals surface area contributed by atoms with Crippen molar-refractivity contribution in [2.24, 2.45) is 0 Å². The molecule has 84 valence electrons. The van der Waals surface area contributed by atoms with Crippen LogP contribution in [0.4, 0.5) is 8.78 Å². The monoisotopic (exact) mass is 287 g/mol. The lowest BCUT2D eigenvalue weighted by molar-refractivity contribution is 0.138. The number of aromatic nitrogens is 3. The summed E-state index contributed by atoms with van der Waals surface area (Å²) in [5.41, 5.74) is 0.636. The predicted molar refractivity (Wildman–Crippen MR) is 58.9 cm³/mol. The highest BCUT2D eigenvalue weighted by Gasteiger charge is 2.20. The summed E-state index contributed by atoms with van der Waals surface area (Å²) in [6, 6.07) is 8.86. The van der Waals surface area contributed by atoms with E-state index >= 15 is 0 Å². The number of para-hydroxylation sites is 1. The lowest BCUT2D eigenvalue weighted by Gasteiger charge is -2.08. The summed E-state index contributed by atoms with van der Waals surface area (Å²) in [6.07, 6.45) is -2.64. The fourth-order valence-corrected chi connectivity index (χ4v) is 1.78. The van der Waals surface area contributed by atoms with Gasteiger partial charge < -0.3 is 0 Å². The Kier molecular flexibility index (Phi) is 3.28. The van der Waals surface area contributed by atoms with Gasteiger partial charge in [0.05, 0.1) is 5.33 Å².